The minimum atomic E-state index is 0.335. The van der Waals surface area contributed by atoms with Gasteiger partial charge >= 0.3 is 0 Å². The van der Waals surface area contributed by atoms with Crippen LogP contribution in [0.1, 0.15) is 63.4 Å². The summed E-state index contributed by atoms with van der Waals surface area (Å²) in [7, 11) is 0. The Morgan fingerprint density at radius 1 is 1.10 bits per heavy atom. The molecule has 0 radical (unpaired) electrons. The van der Waals surface area contributed by atoms with E-state index < -0.39 is 0 Å². The largest absolute Gasteiger partial charge is 0.497 e. The Hall–Kier alpha value is -1.50. The van der Waals surface area contributed by atoms with Gasteiger partial charge in [-0.1, -0.05) is 68.7 Å². The zero-order valence-corrected chi connectivity index (χ0v) is 13.2. The SMILES string of the molecule is CCCC/C=C/C=C/O[C@H]1CCCC[C@@H]1c1ccccc1. The Morgan fingerprint density at radius 3 is 2.71 bits per heavy atom. The van der Waals surface area contributed by atoms with Crippen molar-refractivity contribution in [2.24, 2.45) is 0 Å². The molecule has 2 rings (SSSR count). The summed E-state index contributed by atoms with van der Waals surface area (Å²) < 4.78 is 6.02. The van der Waals surface area contributed by atoms with Gasteiger partial charge in [0.05, 0.1) is 6.26 Å². The van der Waals surface area contributed by atoms with Gasteiger partial charge < -0.3 is 4.74 Å². The molecule has 114 valence electrons. The standard InChI is InChI=1S/C20H28O/c1-2-3-4-5-6-12-17-21-20-16-11-10-15-19(20)18-13-8-7-9-14-18/h5-9,12-14,17,19-20H,2-4,10-11,15-16H2,1H3/b6-5+,17-12+/t19-,20+/m1/s1. The van der Waals surface area contributed by atoms with E-state index in [1.165, 1.54) is 44.1 Å². The Labute approximate surface area is 129 Å². The van der Waals surface area contributed by atoms with Gasteiger partial charge in [-0.15, -0.1) is 0 Å². The van der Waals surface area contributed by atoms with Crippen LogP contribution in [0.15, 0.2) is 54.8 Å². The first-order valence-electron chi connectivity index (χ1n) is 8.44. The maximum Gasteiger partial charge on any atom is 0.105 e. The molecule has 0 aromatic heterocycles. The molecule has 1 aliphatic carbocycles. The van der Waals surface area contributed by atoms with Crippen molar-refractivity contribution in [2.75, 3.05) is 0 Å². The lowest BCUT2D eigenvalue weighted by Gasteiger charge is -2.31. The first-order valence-corrected chi connectivity index (χ1v) is 8.44. The topological polar surface area (TPSA) is 9.23 Å². The van der Waals surface area contributed by atoms with Gasteiger partial charge in [-0.25, -0.2) is 0 Å². The van der Waals surface area contributed by atoms with E-state index in [1.807, 2.05) is 12.3 Å². The van der Waals surface area contributed by atoms with Crippen LogP contribution in [0.2, 0.25) is 0 Å². The van der Waals surface area contributed by atoms with Crippen molar-refractivity contribution in [2.45, 2.75) is 63.9 Å². The summed E-state index contributed by atoms with van der Waals surface area (Å²) in [4.78, 5) is 0. The third kappa shape index (κ3) is 5.41. The van der Waals surface area contributed by atoms with E-state index in [4.69, 9.17) is 4.74 Å². The van der Waals surface area contributed by atoms with Crippen molar-refractivity contribution in [1.29, 1.82) is 0 Å². The minimum Gasteiger partial charge on any atom is -0.497 e. The molecule has 0 unspecified atom stereocenters. The molecule has 0 amide bonds. The number of rotatable bonds is 7. The summed E-state index contributed by atoms with van der Waals surface area (Å²) in [5.74, 6) is 0.550. The van der Waals surface area contributed by atoms with Crippen LogP contribution in [0.25, 0.3) is 0 Å². The number of hydrogen-bond acceptors (Lipinski definition) is 1. The van der Waals surface area contributed by atoms with Crippen LogP contribution in [-0.2, 0) is 4.74 Å². The lowest BCUT2D eigenvalue weighted by atomic mass is 9.81. The Kier molecular flexibility index (Phi) is 7.14. The summed E-state index contributed by atoms with van der Waals surface area (Å²) in [5.41, 5.74) is 1.43. The average Bonchev–Trinajstić information content (AvgIpc) is 2.55. The highest BCUT2D eigenvalue weighted by molar-refractivity contribution is 5.21. The van der Waals surface area contributed by atoms with Gasteiger partial charge in [0, 0.05) is 5.92 Å². The number of unbranched alkanes of at least 4 members (excludes halogenated alkanes) is 2. The van der Waals surface area contributed by atoms with Gasteiger partial charge in [0.2, 0.25) is 0 Å². The van der Waals surface area contributed by atoms with Crippen LogP contribution in [0.5, 0.6) is 0 Å². The molecular weight excluding hydrogens is 256 g/mol. The molecule has 1 fully saturated rings. The highest BCUT2D eigenvalue weighted by atomic mass is 16.5. The van der Waals surface area contributed by atoms with E-state index in [1.54, 1.807) is 0 Å². The van der Waals surface area contributed by atoms with Crippen LogP contribution in [0.3, 0.4) is 0 Å². The van der Waals surface area contributed by atoms with Crippen molar-refractivity contribution in [3.8, 4) is 0 Å². The summed E-state index contributed by atoms with van der Waals surface area (Å²) in [6.45, 7) is 2.22. The Balaban J connectivity index is 1.85. The van der Waals surface area contributed by atoms with E-state index in [2.05, 4.69) is 49.4 Å². The monoisotopic (exact) mass is 284 g/mol. The molecule has 1 aromatic rings. The molecular formula is C20H28O. The molecule has 2 atom stereocenters. The van der Waals surface area contributed by atoms with Crippen LogP contribution in [0, 0.1) is 0 Å². The zero-order chi connectivity index (χ0) is 14.8. The van der Waals surface area contributed by atoms with E-state index in [-0.39, 0.29) is 0 Å². The van der Waals surface area contributed by atoms with Gasteiger partial charge in [0.25, 0.3) is 0 Å². The molecule has 0 bridgehead atoms. The first-order chi connectivity index (χ1) is 10.4. The molecule has 1 aromatic carbocycles. The highest BCUT2D eigenvalue weighted by Gasteiger charge is 2.26. The quantitative estimate of drug-likeness (QED) is 0.339. The predicted octanol–water partition coefficient (Wildman–Crippen LogP) is 5.99. The average molecular weight is 284 g/mol. The summed E-state index contributed by atoms with van der Waals surface area (Å²) in [6.07, 6.45) is 17.3. The summed E-state index contributed by atoms with van der Waals surface area (Å²) in [5, 5.41) is 0. The number of hydrogen-bond donors (Lipinski definition) is 0. The molecule has 0 spiro atoms. The van der Waals surface area contributed by atoms with E-state index in [9.17, 15) is 0 Å². The van der Waals surface area contributed by atoms with Crippen LogP contribution < -0.4 is 0 Å². The third-order valence-electron chi connectivity index (χ3n) is 4.23. The van der Waals surface area contributed by atoms with Gasteiger partial charge in [-0.05, 0) is 37.3 Å². The van der Waals surface area contributed by atoms with Crippen LogP contribution >= 0.6 is 0 Å². The Bertz CT molecular complexity index is 432. The second kappa shape index (κ2) is 9.44. The molecule has 0 saturated heterocycles. The molecule has 0 heterocycles. The molecule has 1 nitrogen and oxygen atoms in total. The van der Waals surface area contributed by atoms with Gasteiger partial charge in [-0.2, -0.15) is 0 Å². The number of benzene rings is 1. The highest BCUT2D eigenvalue weighted by Crippen LogP contribution is 2.34. The number of allylic oxidation sites excluding steroid dienone is 3. The van der Waals surface area contributed by atoms with Gasteiger partial charge in [0.1, 0.15) is 6.10 Å². The molecule has 0 aliphatic heterocycles. The van der Waals surface area contributed by atoms with Crippen molar-refractivity contribution in [3.63, 3.8) is 0 Å². The summed E-state index contributed by atoms with van der Waals surface area (Å²) >= 11 is 0. The third-order valence-corrected chi connectivity index (χ3v) is 4.23. The fourth-order valence-electron chi connectivity index (χ4n) is 3.03. The molecule has 1 aliphatic rings. The fraction of sp³-hybridized carbons (Fsp3) is 0.500. The smallest absolute Gasteiger partial charge is 0.105 e. The van der Waals surface area contributed by atoms with Crippen LogP contribution in [0.4, 0.5) is 0 Å². The van der Waals surface area contributed by atoms with Crippen molar-refractivity contribution in [3.05, 3.63) is 60.4 Å². The van der Waals surface area contributed by atoms with Crippen molar-refractivity contribution in [1.82, 2.24) is 0 Å². The fourth-order valence-corrected chi connectivity index (χ4v) is 3.03. The van der Waals surface area contributed by atoms with E-state index >= 15 is 0 Å². The van der Waals surface area contributed by atoms with Gasteiger partial charge in [-0.3, -0.25) is 0 Å². The van der Waals surface area contributed by atoms with Crippen LogP contribution in [-0.4, -0.2) is 6.10 Å². The van der Waals surface area contributed by atoms with E-state index in [0.717, 1.165) is 6.42 Å². The maximum absolute atomic E-state index is 6.02. The molecule has 21 heavy (non-hydrogen) atoms. The lowest BCUT2D eigenvalue weighted by molar-refractivity contribution is 0.0848. The van der Waals surface area contributed by atoms with E-state index in [0.29, 0.717) is 12.0 Å². The predicted molar refractivity (Wildman–Crippen MR) is 90.3 cm³/mol. The first kappa shape index (κ1) is 15.9. The summed E-state index contributed by atoms with van der Waals surface area (Å²) in [6, 6.07) is 10.8. The Morgan fingerprint density at radius 2 is 1.90 bits per heavy atom. The molecule has 1 saturated carbocycles. The van der Waals surface area contributed by atoms with Crippen molar-refractivity contribution >= 4 is 0 Å². The van der Waals surface area contributed by atoms with Crippen molar-refractivity contribution < 1.29 is 4.74 Å². The second-order valence-electron chi connectivity index (χ2n) is 5.88. The number of ether oxygens (including phenoxy) is 1. The molecule has 1 heteroatoms. The second-order valence-corrected chi connectivity index (χ2v) is 5.88. The zero-order valence-electron chi connectivity index (χ0n) is 13.2. The normalized spacial score (nSPS) is 22.9. The maximum atomic E-state index is 6.02. The minimum absolute atomic E-state index is 0.335. The molecule has 0 N–H and O–H groups in total. The van der Waals surface area contributed by atoms with Gasteiger partial charge in [0.15, 0.2) is 0 Å². The lowest BCUT2D eigenvalue weighted by Crippen LogP contribution is -2.24.